The van der Waals surface area contributed by atoms with Crippen molar-refractivity contribution in [2.45, 2.75) is 6.92 Å². The zero-order chi connectivity index (χ0) is 17.4. The minimum Gasteiger partial charge on any atom is -0.494 e. The number of halogens is 1. The van der Waals surface area contributed by atoms with Crippen molar-refractivity contribution < 1.29 is 9.53 Å². The van der Waals surface area contributed by atoms with Crippen LogP contribution in [0.25, 0.3) is 6.08 Å². The molecule has 0 aliphatic heterocycles. The summed E-state index contributed by atoms with van der Waals surface area (Å²) in [5.41, 5.74) is 1.70. The second-order valence-corrected chi connectivity index (χ2v) is 6.11. The van der Waals surface area contributed by atoms with Crippen LogP contribution in [0.15, 0.2) is 59.1 Å². The maximum atomic E-state index is 11.9. The van der Waals surface area contributed by atoms with Gasteiger partial charge in [-0.3, -0.25) is 10.1 Å². The summed E-state index contributed by atoms with van der Waals surface area (Å²) in [5.74, 6) is 0.509. The number of carbonyl (C=O) groups excluding carboxylic acids is 1. The Kier molecular flexibility index (Phi) is 6.96. The monoisotopic (exact) mass is 404 g/mol. The molecule has 2 rings (SSSR count). The zero-order valence-corrected chi connectivity index (χ0v) is 15.5. The van der Waals surface area contributed by atoms with Crippen LogP contribution in [0.3, 0.4) is 0 Å². The van der Waals surface area contributed by atoms with E-state index in [0.29, 0.717) is 6.61 Å². The van der Waals surface area contributed by atoms with Gasteiger partial charge in [0.1, 0.15) is 5.75 Å². The summed E-state index contributed by atoms with van der Waals surface area (Å²) in [5, 5.41) is 5.80. The number of thiocarbonyl (C=S) groups is 1. The summed E-state index contributed by atoms with van der Waals surface area (Å²) in [7, 11) is 0. The number of hydrogen-bond acceptors (Lipinski definition) is 3. The number of hydrogen-bond donors (Lipinski definition) is 2. The third-order valence-corrected chi connectivity index (χ3v) is 3.63. The van der Waals surface area contributed by atoms with E-state index in [2.05, 4.69) is 26.6 Å². The molecule has 0 radical (unpaired) electrons. The first-order valence-electron chi connectivity index (χ1n) is 7.35. The zero-order valence-electron chi connectivity index (χ0n) is 13.1. The molecule has 2 aromatic rings. The van der Waals surface area contributed by atoms with Crippen molar-refractivity contribution in [3.8, 4) is 5.75 Å². The van der Waals surface area contributed by atoms with Crippen LogP contribution in [-0.2, 0) is 4.79 Å². The van der Waals surface area contributed by atoms with E-state index in [1.807, 2.05) is 55.5 Å². The lowest BCUT2D eigenvalue weighted by atomic mass is 10.2. The minimum atomic E-state index is -0.295. The van der Waals surface area contributed by atoms with Crippen LogP contribution >= 0.6 is 28.1 Å². The molecule has 2 aromatic carbocycles. The smallest absolute Gasteiger partial charge is 0.250 e. The van der Waals surface area contributed by atoms with Gasteiger partial charge in [-0.15, -0.1) is 0 Å². The van der Waals surface area contributed by atoms with E-state index in [1.165, 1.54) is 6.08 Å². The number of amides is 1. The Balaban J connectivity index is 1.86. The Hall–Kier alpha value is -2.18. The topological polar surface area (TPSA) is 50.4 Å². The molecule has 0 spiro atoms. The molecular weight excluding hydrogens is 388 g/mol. The molecule has 0 aliphatic rings. The lowest BCUT2D eigenvalue weighted by Crippen LogP contribution is -2.32. The fraction of sp³-hybridized carbons (Fsp3) is 0.111. The molecular formula is C18H17BrN2O2S. The van der Waals surface area contributed by atoms with Gasteiger partial charge in [-0.05, 0) is 61.1 Å². The predicted molar refractivity (Wildman–Crippen MR) is 105 cm³/mol. The molecule has 0 saturated carbocycles. The van der Waals surface area contributed by atoms with Crippen LogP contribution in [0.4, 0.5) is 5.69 Å². The average molecular weight is 405 g/mol. The largest absolute Gasteiger partial charge is 0.494 e. The highest BCUT2D eigenvalue weighted by molar-refractivity contribution is 9.10. The number of rotatable bonds is 5. The van der Waals surface area contributed by atoms with Crippen molar-refractivity contribution in [3.05, 3.63) is 64.6 Å². The van der Waals surface area contributed by atoms with Crippen molar-refractivity contribution in [2.24, 2.45) is 0 Å². The van der Waals surface area contributed by atoms with Crippen LogP contribution in [-0.4, -0.2) is 17.6 Å². The van der Waals surface area contributed by atoms with Crippen molar-refractivity contribution in [1.82, 2.24) is 5.32 Å². The molecule has 0 fully saturated rings. The number of carbonyl (C=O) groups is 1. The van der Waals surface area contributed by atoms with Gasteiger partial charge in [0.2, 0.25) is 5.91 Å². The minimum absolute atomic E-state index is 0.245. The molecule has 0 aromatic heterocycles. The van der Waals surface area contributed by atoms with Crippen molar-refractivity contribution in [2.75, 3.05) is 11.9 Å². The second kappa shape index (κ2) is 9.20. The van der Waals surface area contributed by atoms with Crippen molar-refractivity contribution in [3.63, 3.8) is 0 Å². The van der Waals surface area contributed by atoms with Crippen LogP contribution in [0, 0.1) is 0 Å². The van der Waals surface area contributed by atoms with E-state index in [-0.39, 0.29) is 11.0 Å². The van der Waals surface area contributed by atoms with E-state index in [9.17, 15) is 4.79 Å². The van der Waals surface area contributed by atoms with Gasteiger partial charge in [-0.1, -0.05) is 34.1 Å². The summed E-state index contributed by atoms with van der Waals surface area (Å²) in [4.78, 5) is 11.9. The van der Waals surface area contributed by atoms with Gasteiger partial charge < -0.3 is 10.1 Å². The Morgan fingerprint density at radius 1 is 1.25 bits per heavy atom. The van der Waals surface area contributed by atoms with E-state index in [0.717, 1.165) is 21.5 Å². The molecule has 0 saturated heterocycles. The van der Waals surface area contributed by atoms with Crippen molar-refractivity contribution in [1.29, 1.82) is 0 Å². The molecule has 124 valence electrons. The van der Waals surface area contributed by atoms with Gasteiger partial charge in [0.25, 0.3) is 0 Å². The van der Waals surface area contributed by atoms with Crippen LogP contribution < -0.4 is 15.4 Å². The molecule has 6 heteroatoms. The van der Waals surface area contributed by atoms with Gasteiger partial charge in [0.05, 0.1) is 6.61 Å². The third kappa shape index (κ3) is 6.14. The lowest BCUT2D eigenvalue weighted by Gasteiger charge is -2.08. The Morgan fingerprint density at radius 3 is 2.67 bits per heavy atom. The second-order valence-electron chi connectivity index (χ2n) is 4.79. The highest BCUT2D eigenvalue weighted by Crippen LogP contribution is 2.15. The van der Waals surface area contributed by atoms with Gasteiger partial charge >= 0.3 is 0 Å². The molecule has 4 nitrogen and oxygen atoms in total. The molecule has 0 unspecified atom stereocenters. The maximum Gasteiger partial charge on any atom is 0.250 e. The first-order chi connectivity index (χ1) is 11.6. The number of benzene rings is 2. The lowest BCUT2D eigenvalue weighted by molar-refractivity contribution is -0.115. The molecule has 1 amide bonds. The Labute approximate surface area is 155 Å². The Bertz CT molecular complexity index is 745. The molecule has 2 N–H and O–H groups in total. The van der Waals surface area contributed by atoms with Crippen LogP contribution in [0.1, 0.15) is 12.5 Å². The summed E-state index contributed by atoms with van der Waals surface area (Å²) in [6.07, 6.45) is 3.15. The Morgan fingerprint density at radius 2 is 2.00 bits per heavy atom. The average Bonchev–Trinajstić information content (AvgIpc) is 2.54. The summed E-state index contributed by atoms with van der Waals surface area (Å²) < 4.78 is 6.30. The van der Waals surface area contributed by atoms with Crippen LogP contribution in [0.2, 0.25) is 0 Å². The quantitative estimate of drug-likeness (QED) is 0.573. The first kappa shape index (κ1) is 18.2. The van der Waals surface area contributed by atoms with Crippen LogP contribution in [0.5, 0.6) is 5.75 Å². The highest BCUT2D eigenvalue weighted by Gasteiger charge is 2.02. The summed E-state index contributed by atoms with van der Waals surface area (Å²) in [6, 6.07) is 15.0. The standard InChI is InChI=1S/C18H17BrN2O2S/c1-2-23-16-9-6-13(7-10-16)8-11-17(22)21-18(24)20-15-5-3-4-14(19)12-15/h3-12H,2H2,1H3,(H2,20,21,22,24)/b11-8+. The maximum absolute atomic E-state index is 11.9. The predicted octanol–water partition coefficient (Wildman–Crippen LogP) is 4.37. The van der Waals surface area contributed by atoms with Crippen molar-refractivity contribution >= 4 is 50.9 Å². The van der Waals surface area contributed by atoms with E-state index >= 15 is 0 Å². The fourth-order valence-corrected chi connectivity index (χ4v) is 2.51. The molecule has 0 bridgehead atoms. The normalized spacial score (nSPS) is 10.4. The molecule has 0 heterocycles. The number of ether oxygens (including phenoxy) is 1. The van der Waals surface area contributed by atoms with Gasteiger partial charge in [0.15, 0.2) is 5.11 Å². The molecule has 0 aliphatic carbocycles. The first-order valence-corrected chi connectivity index (χ1v) is 8.55. The third-order valence-electron chi connectivity index (χ3n) is 2.94. The SMILES string of the molecule is CCOc1ccc(/C=C/C(=O)NC(=S)Nc2cccc(Br)c2)cc1. The summed E-state index contributed by atoms with van der Waals surface area (Å²) >= 11 is 8.50. The van der Waals surface area contributed by atoms with E-state index < -0.39 is 0 Å². The van der Waals surface area contributed by atoms with E-state index in [4.69, 9.17) is 17.0 Å². The number of anilines is 1. The molecule has 24 heavy (non-hydrogen) atoms. The molecule has 0 atom stereocenters. The van der Waals surface area contributed by atoms with Gasteiger partial charge in [-0.25, -0.2) is 0 Å². The number of nitrogens with one attached hydrogen (secondary N) is 2. The van der Waals surface area contributed by atoms with Gasteiger partial charge in [-0.2, -0.15) is 0 Å². The van der Waals surface area contributed by atoms with Gasteiger partial charge in [0, 0.05) is 16.2 Å². The fourth-order valence-electron chi connectivity index (χ4n) is 1.90. The van der Waals surface area contributed by atoms with E-state index in [1.54, 1.807) is 6.08 Å². The highest BCUT2D eigenvalue weighted by atomic mass is 79.9. The summed E-state index contributed by atoms with van der Waals surface area (Å²) in [6.45, 7) is 2.56.